The van der Waals surface area contributed by atoms with Crippen LogP contribution in [-0.2, 0) is 6.18 Å². The van der Waals surface area contributed by atoms with Crippen molar-refractivity contribution in [2.24, 2.45) is 10.2 Å². The molecule has 9 heteroatoms. The van der Waals surface area contributed by atoms with Crippen LogP contribution in [0.4, 0.5) is 18.9 Å². The minimum absolute atomic E-state index is 0.0409. The molecule has 0 aliphatic carbocycles. The molecule has 21 heavy (non-hydrogen) atoms. The molecule has 1 aromatic carbocycles. The minimum atomic E-state index is -4.45. The van der Waals surface area contributed by atoms with Crippen molar-refractivity contribution < 1.29 is 13.2 Å². The Labute approximate surface area is 134 Å². The molecule has 0 fully saturated rings. The number of azo groups is 1. The minimum Gasteiger partial charge on any atom is -0.244 e. The van der Waals surface area contributed by atoms with Crippen molar-refractivity contribution in [1.29, 1.82) is 0 Å². The highest BCUT2D eigenvalue weighted by Crippen LogP contribution is 2.37. The zero-order valence-electron chi connectivity index (χ0n) is 10.2. The highest BCUT2D eigenvalue weighted by molar-refractivity contribution is 9.10. The summed E-state index contributed by atoms with van der Waals surface area (Å²) in [5, 5.41) is 7.70. The van der Waals surface area contributed by atoms with E-state index in [9.17, 15) is 13.2 Å². The third kappa shape index (κ3) is 4.31. The van der Waals surface area contributed by atoms with Crippen LogP contribution in [0.1, 0.15) is 16.1 Å². The molecule has 0 bridgehead atoms. The van der Waals surface area contributed by atoms with E-state index in [1.165, 1.54) is 30.9 Å². The molecule has 2 rings (SSSR count). The van der Waals surface area contributed by atoms with Gasteiger partial charge in [0.05, 0.1) is 11.3 Å². The summed E-state index contributed by atoms with van der Waals surface area (Å²) >= 11 is 6.11. The molecule has 1 unspecified atom stereocenters. The molecule has 1 heterocycles. The summed E-state index contributed by atoms with van der Waals surface area (Å²) in [6, 6.07) is 3.64. The molecule has 0 saturated heterocycles. The Kier molecular flexibility index (Phi) is 5.04. The van der Waals surface area contributed by atoms with Gasteiger partial charge in [-0.1, -0.05) is 31.9 Å². The molecule has 4 nitrogen and oxygen atoms in total. The second-order valence-electron chi connectivity index (χ2n) is 3.88. The predicted octanol–water partition coefficient (Wildman–Crippen LogP) is 5.44. The van der Waals surface area contributed by atoms with Gasteiger partial charge in [0, 0.05) is 22.4 Å². The van der Waals surface area contributed by atoms with Gasteiger partial charge >= 0.3 is 6.18 Å². The fourth-order valence-electron chi connectivity index (χ4n) is 1.41. The number of hydrogen-bond donors (Lipinski definition) is 0. The van der Waals surface area contributed by atoms with E-state index in [0.29, 0.717) is 5.56 Å². The lowest BCUT2D eigenvalue weighted by Gasteiger charge is -2.09. The first-order valence-electron chi connectivity index (χ1n) is 5.54. The van der Waals surface area contributed by atoms with Gasteiger partial charge in [-0.05, 0) is 18.2 Å². The van der Waals surface area contributed by atoms with Crippen LogP contribution in [0.3, 0.4) is 0 Å². The molecular weight excluding hydrogens is 417 g/mol. The van der Waals surface area contributed by atoms with Crippen LogP contribution in [0.5, 0.6) is 0 Å². The lowest BCUT2D eigenvalue weighted by Crippen LogP contribution is -2.05. The highest BCUT2D eigenvalue weighted by Gasteiger charge is 2.33. The van der Waals surface area contributed by atoms with Crippen LogP contribution in [-0.4, -0.2) is 9.97 Å². The quantitative estimate of drug-likeness (QED) is 0.375. The van der Waals surface area contributed by atoms with Crippen molar-refractivity contribution in [2.45, 2.75) is 11.1 Å². The molecule has 0 aliphatic rings. The van der Waals surface area contributed by atoms with Gasteiger partial charge in [-0.25, -0.2) is 9.97 Å². The molecule has 0 radical (unpaired) electrons. The first kappa shape index (κ1) is 16.0. The SMILES string of the molecule is FC(F)(F)c1cc(N=NC(Br)c2cncnc2)ccc1Br. The first-order chi connectivity index (χ1) is 9.88. The smallest absolute Gasteiger partial charge is 0.244 e. The normalized spacial score (nSPS) is 13.6. The van der Waals surface area contributed by atoms with E-state index >= 15 is 0 Å². The first-order valence-corrected chi connectivity index (χ1v) is 7.25. The van der Waals surface area contributed by atoms with Gasteiger partial charge < -0.3 is 0 Å². The van der Waals surface area contributed by atoms with Gasteiger partial charge in [-0.15, -0.1) is 0 Å². The fraction of sp³-hybridized carbons (Fsp3) is 0.167. The lowest BCUT2D eigenvalue weighted by molar-refractivity contribution is -0.138. The zero-order valence-corrected chi connectivity index (χ0v) is 13.4. The van der Waals surface area contributed by atoms with Gasteiger partial charge in [0.2, 0.25) is 0 Å². The monoisotopic (exact) mass is 422 g/mol. The maximum atomic E-state index is 12.8. The van der Waals surface area contributed by atoms with Crippen molar-refractivity contribution >= 4 is 37.5 Å². The Morgan fingerprint density at radius 1 is 1.14 bits per heavy atom. The van der Waals surface area contributed by atoms with Crippen LogP contribution >= 0.6 is 31.9 Å². The number of alkyl halides is 4. The average molecular weight is 424 g/mol. The molecule has 2 aromatic rings. The topological polar surface area (TPSA) is 50.5 Å². The Balaban J connectivity index is 2.22. The molecule has 0 aliphatic heterocycles. The molecule has 1 aromatic heterocycles. The summed E-state index contributed by atoms with van der Waals surface area (Å²) in [5.74, 6) is 0. The van der Waals surface area contributed by atoms with Crippen molar-refractivity contribution in [1.82, 2.24) is 9.97 Å². The van der Waals surface area contributed by atoms with Crippen LogP contribution in [0, 0.1) is 0 Å². The Hall–Kier alpha value is -1.35. The molecule has 1 atom stereocenters. The average Bonchev–Trinajstić information content (AvgIpc) is 2.45. The molecule has 0 amide bonds. The summed E-state index contributed by atoms with van der Waals surface area (Å²) in [6.07, 6.45) is -0.0154. The fourth-order valence-corrected chi connectivity index (χ4v) is 2.21. The van der Waals surface area contributed by atoms with Gasteiger partial charge in [-0.2, -0.15) is 23.4 Å². The van der Waals surface area contributed by atoms with Crippen molar-refractivity contribution in [3.8, 4) is 0 Å². The number of halogens is 5. The largest absolute Gasteiger partial charge is 0.417 e. The van der Waals surface area contributed by atoms with E-state index in [2.05, 4.69) is 52.1 Å². The summed E-state index contributed by atoms with van der Waals surface area (Å²) in [7, 11) is 0. The van der Waals surface area contributed by atoms with Crippen molar-refractivity contribution in [3.63, 3.8) is 0 Å². The summed E-state index contributed by atoms with van der Waals surface area (Å²) in [6.45, 7) is 0. The zero-order chi connectivity index (χ0) is 15.5. The van der Waals surface area contributed by atoms with Crippen LogP contribution in [0.15, 0.2) is 51.6 Å². The molecule has 0 N–H and O–H groups in total. The number of hydrogen-bond acceptors (Lipinski definition) is 4. The standard InChI is InChI=1S/C12H7Br2F3N4/c13-10-2-1-8(3-9(10)12(15,16)17)20-21-11(14)7-4-18-6-19-5-7/h1-6,11H. The molecule has 0 saturated carbocycles. The van der Waals surface area contributed by atoms with E-state index in [0.717, 1.165) is 6.07 Å². The summed E-state index contributed by atoms with van der Waals surface area (Å²) in [4.78, 5) is 7.11. The number of rotatable bonds is 3. The third-order valence-electron chi connectivity index (χ3n) is 2.39. The van der Waals surface area contributed by atoms with Crippen molar-refractivity contribution in [3.05, 3.63) is 52.5 Å². The van der Waals surface area contributed by atoms with E-state index in [-0.39, 0.29) is 10.2 Å². The van der Waals surface area contributed by atoms with Crippen molar-refractivity contribution in [2.75, 3.05) is 0 Å². The molecular formula is C12H7Br2F3N4. The second kappa shape index (κ2) is 6.61. The van der Waals surface area contributed by atoms with Gasteiger partial charge in [-0.3, -0.25) is 0 Å². The van der Waals surface area contributed by atoms with E-state index in [4.69, 9.17) is 0 Å². The second-order valence-corrected chi connectivity index (χ2v) is 5.61. The van der Waals surface area contributed by atoms with Crippen LogP contribution < -0.4 is 0 Å². The van der Waals surface area contributed by atoms with Crippen LogP contribution in [0.25, 0.3) is 0 Å². The highest BCUT2D eigenvalue weighted by atomic mass is 79.9. The maximum absolute atomic E-state index is 12.8. The summed E-state index contributed by atoms with van der Waals surface area (Å²) in [5.41, 5.74) is -0.0469. The number of nitrogens with zero attached hydrogens (tertiary/aromatic N) is 4. The number of aromatic nitrogens is 2. The molecule has 110 valence electrons. The molecule has 0 spiro atoms. The predicted molar refractivity (Wildman–Crippen MR) is 77.4 cm³/mol. The Morgan fingerprint density at radius 2 is 1.81 bits per heavy atom. The third-order valence-corrected chi connectivity index (χ3v) is 3.79. The maximum Gasteiger partial charge on any atom is 0.417 e. The summed E-state index contributed by atoms with van der Waals surface area (Å²) < 4.78 is 38.3. The van der Waals surface area contributed by atoms with E-state index < -0.39 is 16.7 Å². The Morgan fingerprint density at radius 3 is 2.43 bits per heavy atom. The lowest BCUT2D eigenvalue weighted by atomic mass is 10.2. The van der Waals surface area contributed by atoms with Gasteiger partial charge in [0.25, 0.3) is 0 Å². The van der Waals surface area contributed by atoms with E-state index in [1.54, 1.807) is 0 Å². The Bertz CT molecular complexity index is 647. The van der Waals surface area contributed by atoms with Gasteiger partial charge in [0.1, 0.15) is 6.33 Å². The number of benzene rings is 1. The van der Waals surface area contributed by atoms with Gasteiger partial charge in [0.15, 0.2) is 4.95 Å². The van der Waals surface area contributed by atoms with Crippen LogP contribution in [0.2, 0.25) is 0 Å². The van der Waals surface area contributed by atoms with E-state index in [1.807, 2.05) is 0 Å².